The molecule has 0 atom stereocenters. The molecular formula is C23H29N7O2. The molecule has 0 aliphatic rings. The van der Waals surface area contributed by atoms with Crippen LogP contribution in [0.15, 0.2) is 22.9 Å². The molecule has 4 heterocycles. The van der Waals surface area contributed by atoms with E-state index in [1.54, 1.807) is 6.20 Å². The fourth-order valence-corrected chi connectivity index (χ4v) is 3.88. The summed E-state index contributed by atoms with van der Waals surface area (Å²) in [6.45, 7) is 13.1. The van der Waals surface area contributed by atoms with E-state index in [1.807, 2.05) is 37.4 Å². The van der Waals surface area contributed by atoms with E-state index in [4.69, 9.17) is 19.3 Å². The summed E-state index contributed by atoms with van der Waals surface area (Å²) in [4.78, 5) is 13.6. The van der Waals surface area contributed by atoms with Crippen molar-refractivity contribution in [3.05, 3.63) is 47.1 Å². The molecule has 0 amide bonds. The average molecular weight is 436 g/mol. The van der Waals surface area contributed by atoms with Gasteiger partial charge in [0, 0.05) is 11.8 Å². The number of imidazole rings is 1. The standard InChI is InChI=1S/C23H29N7O2/c1-7-16-20(17-10-9-11-24-23(17)31-8-2)28-30-15(6)27-19(13(3)4)22(30)21(16)25-12-18-26-14(5)29-32-18/h9-11,13,25H,7-8,12H2,1-6H3. The zero-order valence-electron chi connectivity index (χ0n) is 19.4. The van der Waals surface area contributed by atoms with E-state index in [0.717, 1.165) is 46.0 Å². The smallest absolute Gasteiger partial charge is 0.245 e. The molecule has 0 fully saturated rings. The minimum atomic E-state index is 0.236. The van der Waals surface area contributed by atoms with Gasteiger partial charge < -0.3 is 14.6 Å². The number of hydrogen-bond acceptors (Lipinski definition) is 8. The molecule has 4 aromatic heterocycles. The van der Waals surface area contributed by atoms with Crippen LogP contribution >= 0.6 is 0 Å². The number of fused-ring (bicyclic) bond motifs is 1. The van der Waals surface area contributed by atoms with Crippen molar-refractivity contribution >= 4 is 11.2 Å². The Hall–Kier alpha value is -3.49. The molecule has 4 rings (SSSR count). The fraction of sp³-hybridized carbons (Fsp3) is 0.435. The molecule has 168 valence electrons. The number of nitrogens with one attached hydrogen (secondary N) is 1. The van der Waals surface area contributed by atoms with Crippen molar-refractivity contribution in [1.82, 2.24) is 29.7 Å². The van der Waals surface area contributed by atoms with Crippen LogP contribution in [-0.2, 0) is 13.0 Å². The molecule has 9 nitrogen and oxygen atoms in total. The Kier molecular flexibility index (Phi) is 6.07. The van der Waals surface area contributed by atoms with Crippen molar-refractivity contribution < 1.29 is 9.26 Å². The number of aryl methyl sites for hydroxylation is 2. The highest BCUT2D eigenvalue weighted by atomic mass is 16.5. The van der Waals surface area contributed by atoms with Gasteiger partial charge in [-0.1, -0.05) is 25.9 Å². The van der Waals surface area contributed by atoms with Crippen molar-refractivity contribution in [3.63, 3.8) is 0 Å². The van der Waals surface area contributed by atoms with Crippen LogP contribution < -0.4 is 10.1 Å². The van der Waals surface area contributed by atoms with E-state index in [9.17, 15) is 0 Å². The lowest BCUT2D eigenvalue weighted by Crippen LogP contribution is -2.11. The summed E-state index contributed by atoms with van der Waals surface area (Å²) >= 11 is 0. The van der Waals surface area contributed by atoms with Gasteiger partial charge in [0.25, 0.3) is 0 Å². The third kappa shape index (κ3) is 3.90. The number of pyridine rings is 1. The number of ether oxygens (including phenoxy) is 1. The normalized spacial score (nSPS) is 11.5. The van der Waals surface area contributed by atoms with Gasteiger partial charge in [0.2, 0.25) is 11.8 Å². The number of rotatable bonds is 8. The average Bonchev–Trinajstić information content (AvgIpc) is 3.35. The van der Waals surface area contributed by atoms with Gasteiger partial charge in [0.15, 0.2) is 5.82 Å². The second kappa shape index (κ2) is 8.94. The highest BCUT2D eigenvalue weighted by molar-refractivity contribution is 5.84. The molecule has 0 aromatic carbocycles. The fourth-order valence-electron chi connectivity index (χ4n) is 3.88. The van der Waals surface area contributed by atoms with Gasteiger partial charge in [-0.3, -0.25) is 0 Å². The number of anilines is 1. The minimum absolute atomic E-state index is 0.236. The summed E-state index contributed by atoms with van der Waals surface area (Å²) < 4.78 is 13.1. The monoisotopic (exact) mass is 435 g/mol. The Morgan fingerprint density at radius 2 is 2.00 bits per heavy atom. The molecule has 0 unspecified atom stereocenters. The topological polar surface area (TPSA) is 103 Å². The predicted octanol–water partition coefficient (Wildman–Crippen LogP) is 4.49. The maximum Gasteiger partial charge on any atom is 0.245 e. The first-order chi connectivity index (χ1) is 15.4. The molecule has 0 saturated carbocycles. The highest BCUT2D eigenvalue weighted by Gasteiger charge is 2.24. The van der Waals surface area contributed by atoms with E-state index < -0.39 is 0 Å². The van der Waals surface area contributed by atoms with Crippen molar-refractivity contribution in [2.45, 2.75) is 60.4 Å². The first kappa shape index (κ1) is 21.7. The Bertz CT molecular complexity index is 1240. The van der Waals surface area contributed by atoms with Crippen molar-refractivity contribution in [2.75, 3.05) is 11.9 Å². The number of aromatic nitrogens is 6. The molecule has 1 N–H and O–H groups in total. The summed E-state index contributed by atoms with van der Waals surface area (Å²) in [6, 6.07) is 3.89. The Balaban J connectivity index is 1.97. The Morgan fingerprint density at radius 1 is 1.19 bits per heavy atom. The first-order valence-corrected chi connectivity index (χ1v) is 11.0. The molecule has 0 spiro atoms. The van der Waals surface area contributed by atoms with Gasteiger partial charge in [0.1, 0.15) is 17.0 Å². The van der Waals surface area contributed by atoms with Crippen LogP contribution in [0.5, 0.6) is 5.88 Å². The van der Waals surface area contributed by atoms with Crippen LogP contribution in [0.3, 0.4) is 0 Å². The molecule has 0 saturated heterocycles. The number of nitrogens with zero attached hydrogens (tertiary/aromatic N) is 6. The third-order valence-electron chi connectivity index (χ3n) is 5.26. The third-order valence-corrected chi connectivity index (χ3v) is 5.26. The molecule has 32 heavy (non-hydrogen) atoms. The second-order valence-electron chi connectivity index (χ2n) is 7.89. The Morgan fingerprint density at radius 3 is 2.66 bits per heavy atom. The van der Waals surface area contributed by atoms with E-state index >= 15 is 0 Å². The maximum absolute atomic E-state index is 5.82. The van der Waals surface area contributed by atoms with E-state index in [0.29, 0.717) is 30.7 Å². The van der Waals surface area contributed by atoms with E-state index in [1.165, 1.54) is 0 Å². The quantitative estimate of drug-likeness (QED) is 0.432. The van der Waals surface area contributed by atoms with Gasteiger partial charge >= 0.3 is 0 Å². The summed E-state index contributed by atoms with van der Waals surface area (Å²) in [5, 5.41) is 12.5. The largest absolute Gasteiger partial charge is 0.477 e. The molecule has 0 aliphatic carbocycles. The minimum Gasteiger partial charge on any atom is -0.477 e. The second-order valence-corrected chi connectivity index (χ2v) is 7.89. The first-order valence-electron chi connectivity index (χ1n) is 11.0. The van der Waals surface area contributed by atoms with Crippen LogP contribution in [0.25, 0.3) is 16.8 Å². The zero-order valence-corrected chi connectivity index (χ0v) is 19.4. The van der Waals surface area contributed by atoms with Crippen LogP contribution in [0.2, 0.25) is 0 Å². The highest BCUT2D eigenvalue weighted by Crippen LogP contribution is 2.38. The van der Waals surface area contributed by atoms with Crippen LogP contribution in [0.4, 0.5) is 5.69 Å². The lowest BCUT2D eigenvalue weighted by Gasteiger charge is -2.18. The summed E-state index contributed by atoms with van der Waals surface area (Å²) in [5.74, 6) is 2.76. The molecule has 0 bridgehead atoms. The summed E-state index contributed by atoms with van der Waals surface area (Å²) in [7, 11) is 0. The van der Waals surface area contributed by atoms with Gasteiger partial charge in [-0.25, -0.2) is 14.5 Å². The SMILES string of the molecule is CCOc1ncccc1-c1nn2c(C)nc(C(C)C)c2c(NCc2nc(C)no2)c1CC. The lowest BCUT2D eigenvalue weighted by molar-refractivity contribution is 0.328. The van der Waals surface area contributed by atoms with Gasteiger partial charge in [0.05, 0.1) is 30.1 Å². The summed E-state index contributed by atoms with van der Waals surface area (Å²) in [6.07, 6.45) is 2.49. The van der Waals surface area contributed by atoms with E-state index in [-0.39, 0.29) is 5.92 Å². The number of hydrogen-bond donors (Lipinski definition) is 1. The lowest BCUT2D eigenvalue weighted by atomic mass is 10.0. The molecular weight excluding hydrogens is 406 g/mol. The van der Waals surface area contributed by atoms with Gasteiger partial charge in [-0.05, 0) is 45.2 Å². The molecule has 4 aromatic rings. The van der Waals surface area contributed by atoms with Crippen molar-refractivity contribution in [1.29, 1.82) is 0 Å². The molecule has 0 radical (unpaired) electrons. The van der Waals surface area contributed by atoms with Gasteiger partial charge in [-0.15, -0.1) is 0 Å². The Labute approximate surface area is 187 Å². The zero-order chi connectivity index (χ0) is 22.8. The van der Waals surface area contributed by atoms with Gasteiger partial charge in [-0.2, -0.15) is 10.1 Å². The maximum atomic E-state index is 5.82. The van der Waals surface area contributed by atoms with Crippen LogP contribution in [0, 0.1) is 13.8 Å². The molecule has 9 heteroatoms. The molecule has 0 aliphatic heterocycles. The van der Waals surface area contributed by atoms with Crippen molar-refractivity contribution in [3.8, 4) is 17.1 Å². The summed E-state index contributed by atoms with van der Waals surface area (Å²) in [5.41, 5.74) is 5.65. The van der Waals surface area contributed by atoms with Crippen LogP contribution in [0.1, 0.15) is 62.4 Å². The van der Waals surface area contributed by atoms with Crippen LogP contribution in [-0.4, -0.2) is 36.3 Å². The predicted molar refractivity (Wildman–Crippen MR) is 122 cm³/mol. The van der Waals surface area contributed by atoms with Crippen molar-refractivity contribution in [2.24, 2.45) is 0 Å². The van der Waals surface area contributed by atoms with E-state index in [2.05, 4.69) is 41.2 Å².